The van der Waals surface area contributed by atoms with Gasteiger partial charge in [0.2, 0.25) is 5.88 Å². The van der Waals surface area contributed by atoms with Crippen molar-refractivity contribution in [2.24, 2.45) is 0 Å². The largest absolute Gasteiger partial charge is 0.497 e. The van der Waals surface area contributed by atoms with Gasteiger partial charge in [0.05, 0.1) is 7.11 Å². The number of carbonyl (C=O) groups is 1. The highest BCUT2D eigenvalue weighted by atomic mass is 19.4. The molecule has 3 rings (SSSR count). The van der Waals surface area contributed by atoms with Gasteiger partial charge in [0, 0.05) is 44.1 Å². The van der Waals surface area contributed by atoms with Gasteiger partial charge >= 0.3 is 6.18 Å². The fourth-order valence-electron chi connectivity index (χ4n) is 3.26. The number of hydrogen-bond donors (Lipinski definition) is 0. The van der Waals surface area contributed by atoms with Crippen molar-refractivity contribution in [2.45, 2.75) is 25.6 Å². The molecule has 30 heavy (non-hydrogen) atoms. The summed E-state index contributed by atoms with van der Waals surface area (Å²) >= 11 is 0. The van der Waals surface area contributed by atoms with Crippen molar-refractivity contribution in [2.75, 3.05) is 38.3 Å². The van der Waals surface area contributed by atoms with Crippen LogP contribution in [0.15, 0.2) is 36.7 Å². The minimum atomic E-state index is -4.52. The maximum atomic E-state index is 13.1. The average Bonchev–Trinajstić information content (AvgIpc) is 2.93. The number of anilines is 1. The Morgan fingerprint density at radius 3 is 2.73 bits per heavy atom. The van der Waals surface area contributed by atoms with Gasteiger partial charge in [0.15, 0.2) is 6.61 Å². The molecule has 0 aromatic carbocycles. The molecule has 7 nitrogen and oxygen atoms in total. The van der Waals surface area contributed by atoms with E-state index in [4.69, 9.17) is 9.47 Å². The van der Waals surface area contributed by atoms with Gasteiger partial charge < -0.3 is 19.3 Å². The van der Waals surface area contributed by atoms with E-state index >= 15 is 0 Å². The molecule has 1 atom stereocenters. The summed E-state index contributed by atoms with van der Waals surface area (Å²) in [5, 5.41) is 0. The molecule has 0 bridgehead atoms. The zero-order valence-electron chi connectivity index (χ0n) is 16.7. The summed E-state index contributed by atoms with van der Waals surface area (Å²) in [5.41, 5.74) is 0.0153. The molecule has 0 unspecified atom stereocenters. The van der Waals surface area contributed by atoms with Crippen LogP contribution >= 0.6 is 0 Å². The van der Waals surface area contributed by atoms with Crippen molar-refractivity contribution in [3.63, 3.8) is 0 Å². The second kappa shape index (κ2) is 9.19. The lowest BCUT2D eigenvalue weighted by molar-refractivity contribution is -0.154. The number of hydrogen-bond acceptors (Lipinski definition) is 6. The molecule has 0 N–H and O–H groups in total. The molecule has 3 heterocycles. The molecule has 1 fully saturated rings. The number of methoxy groups -OCH3 is 1. The van der Waals surface area contributed by atoms with E-state index in [0.717, 1.165) is 5.82 Å². The van der Waals surface area contributed by atoms with Gasteiger partial charge in [0.1, 0.15) is 17.1 Å². The highest BCUT2D eigenvalue weighted by molar-refractivity contribution is 5.96. The molecule has 0 aliphatic carbocycles. The monoisotopic (exact) mass is 424 g/mol. The van der Waals surface area contributed by atoms with Crippen molar-refractivity contribution in [1.82, 2.24) is 14.9 Å². The summed E-state index contributed by atoms with van der Waals surface area (Å²) in [5.74, 6) is 0.703. The Bertz CT molecular complexity index is 878. The molecule has 2 aromatic heterocycles. The van der Waals surface area contributed by atoms with Gasteiger partial charge in [-0.2, -0.15) is 13.2 Å². The van der Waals surface area contributed by atoms with Crippen molar-refractivity contribution < 1.29 is 27.4 Å². The molecular weight excluding hydrogens is 401 g/mol. The van der Waals surface area contributed by atoms with E-state index in [2.05, 4.69) is 14.9 Å². The molecular formula is C20H23F3N4O3. The first-order valence-corrected chi connectivity index (χ1v) is 9.49. The van der Waals surface area contributed by atoms with E-state index in [-0.39, 0.29) is 17.5 Å². The molecule has 0 spiro atoms. The van der Waals surface area contributed by atoms with E-state index in [0.29, 0.717) is 31.8 Å². The average molecular weight is 424 g/mol. The molecule has 0 saturated carbocycles. The van der Waals surface area contributed by atoms with Crippen LogP contribution in [0.4, 0.5) is 19.0 Å². The minimum absolute atomic E-state index is 0.0153. The zero-order valence-corrected chi connectivity index (χ0v) is 16.7. The zero-order chi connectivity index (χ0) is 21.7. The van der Waals surface area contributed by atoms with E-state index in [1.807, 2.05) is 13.0 Å². The lowest BCUT2D eigenvalue weighted by Gasteiger charge is -2.27. The summed E-state index contributed by atoms with van der Waals surface area (Å²) in [6.07, 6.45) is -0.891. The van der Waals surface area contributed by atoms with Crippen molar-refractivity contribution >= 4 is 11.7 Å². The summed E-state index contributed by atoms with van der Waals surface area (Å²) < 4.78 is 47.6. The van der Waals surface area contributed by atoms with Crippen molar-refractivity contribution in [1.29, 1.82) is 0 Å². The normalized spacial score (nSPS) is 17.4. The summed E-state index contributed by atoms with van der Waals surface area (Å²) in [4.78, 5) is 25.0. The smallest absolute Gasteiger partial charge is 0.422 e. The van der Waals surface area contributed by atoms with Crippen LogP contribution in [0.3, 0.4) is 0 Å². The van der Waals surface area contributed by atoms with Crippen LogP contribution in [0.25, 0.3) is 0 Å². The van der Waals surface area contributed by atoms with E-state index in [9.17, 15) is 18.0 Å². The Hall–Kier alpha value is -3.04. The second-order valence-corrected chi connectivity index (χ2v) is 6.94. The lowest BCUT2D eigenvalue weighted by Crippen LogP contribution is -2.40. The third kappa shape index (κ3) is 5.31. The number of amides is 1. The summed E-state index contributed by atoms with van der Waals surface area (Å²) in [6.45, 7) is 1.99. The van der Waals surface area contributed by atoms with Gasteiger partial charge in [0.25, 0.3) is 5.91 Å². The number of halogens is 3. The van der Waals surface area contributed by atoms with E-state index in [1.54, 1.807) is 24.3 Å². The fourth-order valence-corrected chi connectivity index (χ4v) is 3.26. The highest BCUT2D eigenvalue weighted by Crippen LogP contribution is 2.25. The van der Waals surface area contributed by atoms with Gasteiger partial charge in [-0.25, -0.2) is 9.97 Å². The minimum Gasteiger partial charge on any atom is -0.497 e. The van der Waals surface area contributed by atoms with Crippen molar-refractivity contribution in [3.05, 3.63) is 42.2 Å². The maximum absolute atomic E-state index is 13.1. The van der Waals surface area contributed by atoms with Gasteiger partial charge in [-0.15, -0.1) is 0 Å². The number of ether oxygens (including phenoxy) is 2. The number of rotatable bonds is 5. The number of alkyl halides is 3. The molecule has 10 heteroatoms. The standard InChI is InChI=1S/C20H23F3N4O3/c1-14-6-9-26(17-12-15(29-2)5-8-24-17)10-11-27(14)19(28)16-4-3-7-25-18(16)30-13-20(21,22)23/h3-5,7-8,12,14H,6,9-11,13H2,1-2H3/t14-/m1/s1. The van der Waals surface area contributed by atoms with Crippen LogP contribution in [-0.4, -0.2) is 66.3 Å². The third-order valence-corrected chi connectivity index (χ3v) is 4.87. The number of carbonyl (C=O) groups excluding carboxylic acids is 1. The van der Waals surface area contributed by atoms with Crippen LogP contribution < -0.4 is 14.4 Å². The van der Waals surface area contributed by atoms with Crippen LogP contribution in [0.1, 0.15) is 23.7 Å². The molecule has 1 aliphatic heterocycles. The molecule has 1 aliphatic rings. The van der Waals surface area contributed by atoms with Crippen LogP contribution in [0.5, 0.6) is 11.6 Å². The second-order valence-electron chi connectivity index (χ2n) is 6.94. The molecule has 0 radical (unpaired) electrons. The predicted molar refractivity (Wildman–Crippen MR) is 104 cm³/mol. The molecule has 1 amide bonds. The molecule has 1 saturated heterocycles. The SMILES string of the molecule is COc1ccnc(N2CC[C@@H](C)N(C(=O)c3cccnc3OCC(F)(F)F)CC2)c1. The van der Waals surface area contributed by atoms with Crippen LogP contribution in [0, 0.1) is 0 Å². The Kier molecular flexibility index (Phi) is 6.63. The van der Waals surface area contributed by atoms with Crippen LogP contribution in [0.2, 0.25) is 0 Å². The highest BCUT2D eigenvalue weighted by Gasteiger charge is 2.32. The maximum Gasteiger partial charge on any atom is 0.422 e. The Balaban J connectivity index is 1.75. The summed E-state index contributed by atoms with van der Waals surface area (Å²) in [7, 11) is 1.58. The Morgan fingerprint density at radius 1 is 1.20 bits per heavy atom. The Morgan fingerprint density at radius 2 is 2.00 bits per heavy atom. The number of aromatic nitrogens is 2. The van der Waals surface area contributed by atoms with Gasteiger partial charge in [-0.1, -0.05) is 0 Å². The number of pyridine rings is 2. The van der Waals surface area contributed by atoms with E-state index in [1.165, 1.54) is 18.3 Å². The first-order chi connectivity index (χ1) is 14.3. The van der Waals surface area contributed by atoms with E-state index < -0.39 is 18.7 Å². The first-order valence-electron chi connectivity index (χ1n) is 9.49. The Labute approximate surface area is 172 Å². The summed E-state index contributed by atoms with van der Waals surface area (Å²) in [6, 6.07) is 6.39. The molecule has 2 aromatic rings. The fraction of sp³-hybridized carbons (Fsp3) is 0.450. The van der Waals surface area contributed by atoms with Crippen molar-refractivity contribution in [3.8, 4) is 11.6 Å². The topological polar surface area (TPSA) is 67.8 Å². The van der Waals surface area contributed by atoms with Gasteiger partial charge in [-0.3, -0.25) is 4.79 Å². The quantitative estimate of drug-likeness (QED) is 0.735. The first kappa shape index (κ1) is 21.7. The van der Waals surface area contributed by atoms with Gasteiger partial charge in [-0.05, 0) is 31.5 Å². The van der Waals surface area contributed by atoms with Crippen LogP contribution in [-0.2, 0) is 0 Å². The lowest BCUT2D eigenvalue weighted by atomic mass is 10.1. The number of nitrogens with zero attached hydrogens (tertiary/aromatic N) is 4. The molecule has 162 valence electrons. The predicted octanol–water partition coefficient (Wildman–Crippen LogP) is 3.17. The third-order valence-electron chi connectivity index (χ3n) is 4.87.